The molecule has 1 atom stereocenters. The minimum absolute atomic E-state index is 0.354. The zero-order valence-electron chi connectivity index (χ0n) is 17.4. The van der Waals surface area contributed by atoms with E-state index in [9.17, 15) is 5.11 Å². The lowest BCUT2D eigenvalue weighted by Crippen LogP contribution is -2.46. The molecule has 0 saturated carbocycles. The maximum Gasteiger partial charge on any atom is 0.158 e. The van der Waals surface area contributed by atoms with Crippen molar-refractivity contribution in [2.45, 2.75) is 18.1 Å². The zero-order chi connectivity index (χ0) is 20.8. The van der Waals surface area contributed by atoms with Crippen LogP contribution in [0.3, 0.4) is 0 Å². The molecule has 3 aromatic rings. The lowest BCUT2D eigenvalue weighted by Gasteiger charge is -2.36. The van der Waals surface area contributed by atoms with Crippen molar-refractivity contribution < 1.29 is 19.2 Å². The summed E-state index contributed by atoms with van der Waals surface area (Å²) < 4.78 is 15.8. The van der Waals surface area contributed by atoms with Crippen molar-refractivity contribution in [1.82, 2.24) is 15.2 Å². The highest BCUT2D eigenvalue weighted by Gasteiger charge is 2.37. The van der Waals surface area contributed by atoms with E-state index in [2.05, 4.69) is 26.2 Å². The fourth-order valence-electron chi connectivity index (χ4n) is 4.92. The summed E-state index contributed by atoms with van der Waals surface area (Å²) in [5, 5.41) is 18.8. The van der Waals surface area contributed by atoms with Crippen LogP contribution in [0.4, 0.5) is 5.69 Å². The van der Waals surface area contributed by atoms with Crippen molar-refractivity contribution in [3.63, 3.8) is 0 Å². The summed E-state index contributed by atoms with van der Waals surface area (Å²) in [6.45, 7) is 6.31. The van der Waals surface area contributed by atoms with Crippen molar-refractivity contribution in [3.8, 4) is 11.1 Å². The first-order valence-electron chi connectivity index (χ1n) is 10.9. The molecule has 4 heterocycles. The molecule has 0 amide bonds. The van der Waals surface area contributed by atoms with Gasteiger partial charge in [0.1, 0.15) is 11.1 Å². The van der Waals surface area contributed by atoms with Crippen LogP contribution < -0.4 is 4.90 Å². The summed E-state index contributed by atoms with van der Waals surface area (Å²) in [6, 6.07) is 12.8. The van der Waals surface area contributed by atoms with Gasteiger partial charge < -0.3 is 19.5 Å². The fraction of sp³-hybridized carbons (Fsp3) is 0.478. The molecule has 1 aromatic heterocycles. The molecule has 8 heteroatoms. The Morgan fingerprint density at radius 2 is 1.74 bits per heavy atom. The normalized spacial score (nSPS) is 23.9. The van der Waals surface area contributed by atoms with E-state index in [-0.39, 0.29) is 0 Å². The molecule has 1 N–H and O–H groups in total. The van der Waals surface area contributed by atoms with Crippen molar-refractivity contribution in [3.05, 3.63) is 42.0 Å². The Balaban J connectivity index is 1.30. The van der Waals surface area contributed by atoms with E-state index >= 15 is 0 Å². The predicted octanol–water partition coefficient (Wildman–Crippen LogP) is 2.02. The van der Waals surface area contributed by atoms with Gasteiger partial charge in [0.05, 0.1) is 32.1 Å². The Hall–Kier alpha value is -2.52. The average Bonchev–Trinajstić information content (AvgIpc) is 3.47. The molecule has 6 rings (SSSR count). The molecular weight excluding hydrogens is 396 g/mol. The first-order chi connectivity index (χ1) is 15.2. The second-order valence-electron chi connectivity index (χ2n) is 8.77. The van der Waals surface area contributed by atoms with E-state index in [4.69, 9.17) is 14.1 Å². The SMILES string of the molecule is OC1(c2ccc(-c3cc(N4CCC(N5CCOCC5)C4)c4nonc4c3)cc2)COC1. The molecule has 1 unspecified atom stereocenters. The smallest absolute Gasteiger partial charge is 0.158 e. The maximum atomic E-state index is 10.5. The van der Waals surface area contributed by atoms with Gasteiger partial charge in [-0.05, 0) is 45.6 Å². The molecular formula is C23H26N4O4. The Labute approximate surface area is 180 Å². The summed E-state index contributed by atoms with van der Waals surface area (Å²) in [4.78, 5) is 4.94. The van der Waals surface area contributed by atoms with E-state index in [0.717, 1.165) is 79.2 Å². The molecule has 31 heavy (non-hydrogen) atoms. The highest BCUT2D eigenvalue weighted by atomic mass is 16.6. The fourth-order valence-corrected chi connectivity index (χ4v) is 4.92. The highest BCUT2D eigenvalue weighted by Crippen LogP contribution is 2.36. The van der Waals surface area contributed by atoms with E-state index < -0.39 is 5.60 Å². The third-order valence-electron chi connectivity index (χ3n) is 6.84. The van der Waals surface area contributed by atoms with Crippen LogP contribution in [0.15, 0.2) is 41.0 Å². The maximum absolute atomic E-state index is 10.5. The van der Waals surface area contributed by atoms with E-state index in [0.29, 0.717) is 19.3 Å². The number of aromatic nitrogens is 2. The zero-order valence-corrected chi connectivity index (χ0v) is 17.4. The third-order valence-corrected chi connectivity index (χ3v) is 6.84. The van der Waals surface area contributed by atoms with Crippen molar-refractivity contribution in [2.75, 3.05) is 57.5 Å². The van der Waals surface area contributed by atoms with Gasteiger partial charge in [0.15, 0.2) is 5.52 Å². The van der Waals surface area contributed by atoms with E-state index in [1.165, 1.54) is 0 Å². The molecule has 3 aliphatic heterocycles. The standard InChI is InChI=1S/C23H26N4O4/c28-23(14-30-15-23)18-3-1-16(2-4-18)17-11-20-22(25-31-24-20)21(12-17)27-6-5-19(13-27)26-7-9-29-10-8-26/h1-4,11-12,19,28H,5-10,13-15H2. The summed E-state index contributed by atoms with van der Waals surface area (Å²) >= 11 is 0. The molecule has 0 spiro atoms. The number of fused-ring (bicyclic) bond motifs is 1. The lowest BCUT2D eigenvalue weighted by molar-refractivity contribution is -0.184. The van der Waals surface area contributed by atoms with Gasteiger partial charge in [-0.25, -0.2) is 4.63 Å². The minimum Gasteiger partial charge on any atom is -0.380 e. The van der Waals surface area contributed by atoms with E-state index in [1.54, 1.807) is 0 Å². The van der Waals surface area contributed by atoms with E-state index in [1.807, 2.05) is 30.3 Å². The molecule has 3 saturated heterocycles. The quantitative estimate of drug-likeness (QED) is 0.684. The molecule has 162 valence electrons. The summed E-state index contributed by atoms with van der Waals surface area (Å²) in [5.41, 5.74) is 4.81. The third kappa shape index (κ3) is 3.40. The molecule has 0 bridgehead atoms. The highest BCUT2D eigenvalue weighted by molar-refractivity contribution is 5.92. The largest absolute Gasteiger partial charge is 0.380 e. The number of morpholine rings is 1. The van der Waals surface area contributed by atoms with Crippen molar-refractivity contribution in [2.24, 2.45) is 0 Å². The van der Waals surface area contributed by atoms with Crippen LogP contribution in [0, 0.1) is 0 Å². The monoisotopic (exact) mass is 422 g/mol. The van der Waals surface area contributed by atoms with Gasteiger partial charge in [-0.2, -0.15) is 0 Å². The Bertz CT molecular complexity index is 1070. The predicted molar refractivity (Wildman–Crippen MR) is 115 cm³/mol. The second kappa shape index (κ2) is 7.56. The van der Waals surface area contributed by atoms with Crippen molar-refractivity contribution in [1.29, 1.82) is 0 Å². The van der Waals surface area contributed by atoms with Crippen LogP contribution >= 0.6 is 0 Å². The molecule has 0 radical (unpaired) electrons. The number of hydrogen-bond donors (Lipinski definition) is 1. The molecule has 3 fully saturated rings. The first-order valence-corrected chi connectivity index (χ1v) is 10.9. The molecule has 3 aliphatic rings. The van der Waals surface area contributed by atoms with Crippen LogP contribution in [0.2, 0.25) is 0 Å². The first kappa shape index (κ1) is 19.2. The average molecular weight is 422 g/mol. The van der Waals surface area contributed by atoms with Crippen molar-refractivity contribution >= 4 is 16.7 Å². The topological polar surface area (TPSA) is 84.1 Å². The molecule has 8 nitrogen and oxygen atoms in total. The van der Waals surface area contributed by atoms with Crippen LogP contribution in [-0.4, -0.2) is 79.0 Å². The van der Waals surface area contributed by atoms with Crippen LogP contribution in [0.1, 0.15) is 12.0 Å². The summed E-state index contributed by atoms with van der Waals surface area (Å²) in [7, 11) is 0. The number of aliphatic hydroxyl groups is 1. The summed E-state index contributed by atoms with van der Waals surface area (Å²) in [5.74, 6) is 0. The van der Waals surface area contributed by atoms with Crippen LogP contribution in [-0.2, 0) is 15.1 Å². The number of nitrogens with zero attached hydrogens (tertiary/aromatic N) is 4. The Kier molecular flexibility index (Phi) is 4.68. The number of benzene rings is 2. The number of hydrogen-bond acceptors (Lipinski definition) is 8. The van der Waals surface area contributed by atoms with Gasteiger partial charge in [-0.1, -0.05) is 24.3 Å². The van der Waals surface area contributed by atoms with Gasteiger partial charge in [-0.15, -0.1) is 0 Å². The number of ether oxygens (including phenoxy) is 2. The van der Waals surface area contributed by atoms with Crippen LogP contribution in [0.25, 0.3) is 22.2 Å². The van der Waals surface area contributed by atoms with Gasteiger partial charge in [-0.3, -0.25) is 4.90 Å². The number of rotatable bonds is 4. The van der Waals surface area contributed by atoms with Gasteiger partial charge >= 0.3 is 0 Å². The number of anilines is 1. The second-order valence-corrected chi connectivity index (χ2v) is 8.77. The summed E-state index contributed by atoms with van der Waals surface area (Å²) in [6.07, 6.45) is 1.13. The van der Waals surface area contributed by atoms with Gasteiger partial charge in [0.25, 0.3) is 0 Å². The van der Waals surface area contributed by atoms with Crippen LogP contribution in [0.5, 0.6) is 0 Å². The minimum atomic E-state index is -0.853. The van der Waals surface area contributed by atoms with Gasteiger partial charge in [0.2, 0.25) is 0 Å². The lowest BCUT2D eigenvalue weighted by atomic mass is 9.90. The molecule has 0 aliphatic carbocycles. The Morgan fingerprint density at radius 1 is 0.935 bits per heavy atom. The Morgan fingerprint density at radius 3 is 2.48 bits per heavy atom. The molecule has 2 aromatic carbocycles. The van der Waals surface area contributed by atoms with Gasteiger partial charge in [0, 0.05) is 32.2 Å².